The van der Waals surface area contributed by atoms with E-state index in [4.69, 9.17) is 4.74 Å². The summed E-state index contributed by atoms with van der Waals surface area (Å²) in [6.07, 6.45) is 0. The number of hydrogen-bond acceptors (Lipinski definition) is 4. The van der Waals surface area contributed by atoms with E-state index in [0.717, 1.165) is 22.3 Å². The number of carbonyl (C=O) groups excluding carboxylic acids is 3. The molecular weight excluding hydrogens is 390 g/mol. The third-order valence-electron chi connectivity index (χ3n) is 5.41. The van der Waals surface area contributed by atoms with Gasteiger partial charge in [-0.3, -0.25) is 9.59 Å². The maximum Gasteiger partial charge on any atom is 0.340 e. The van der Waals surface area contributed by atoms with Gasteiger partial charge in [-0.1, -0.05) is 36.4 Å². The van der Waals surface area contributed by atoms with Crippen molar-refractivity contribution in [3.8, 4) is 0 Å². The largest absolute Gasteiger partial charge is 0.454 e. The first-order valence-electron chi connectivity index (χ1n) is 10.0. The van der Waals surface area contributed by atoms with Crippen LogP contribution in [0, 0.1) is 27.7 Å². The molecule has 0 spiro atoms. The van der Waals surface area contributed by atoms with Crippen LogP contribution in [-0.2, 0) is 4.74 Å². The molecule has 3 aromatic carbocycles. The van der Waals surface area contributed by atoms with E-state index in [1.54, 1.807) is 48.5 Å². The third kappa shape index (κ3) is 4.89. The Kier molecular flexibility index (Phi) is 6.65. The highest BCUT2D eigenvalue weighted by Gasteiger charge is 2.20. The summed E-state index contributed by atoms with van der Waals surface area (Å²) < 4.78 is 5.32. The molecule has 1 N–H and O–H groups in total. The number of anilines is 1. The summed E-state index contributed by atoms with van der Waals surface area (Å²) >= 11 is 0. The van der Waals surface area contributed by atoms with Crippen molar-refractivity contribution in [2.45, 2.75) is 27.7 Å². The first-order chi connectivity index (χ1) is 14.8. The van der Waals surface area contributed by atoms with E-state index < -0.39 is 5.97 Å². The van der Waals surface area contributed by atoms with Crippen LogP contribution < -0.4 is 5.32 Å². The Morgan fingerprint density at radius 3 is 2.03 bits per heavy atom. The van der Waals surface area contributed by atoms with Crippen LogP contribution in [0.1, 0.15) is 53.3 Å². The van der Waals surface area contributed by atoms with Crippen molar-refractivity contribution in [3.63, 3.8) is 0 Å². The van der Waals surface area contributed by atoms with Crippen LogP contribution in [0.15, 0.2) is 60.7 Å². The monoisotopic (exact) mass is 415 g/mol. The fourth-order valence-corrected chi connectivity index (χ4v) is 3.47. The molecule has 0 radical (unpaired) electrons. The van der Waals surface area contributed by atoms with Crippen molar-refractivity contribution < 1.29 is 19.1 Å². The first-order valence-corrected chi connectivity index (χ1v) is 10.0. The standard InChI is InChI=1S/C26H25NO4/c1-16-14-17(2)19(4)24(18(16)3)23(28)15-31-26(30)21-12-8-9-13-22(21)27-25(29)20-10-6-5-7-11-20/h5-14H,15H2,1-4H3,(H,27,29). The summed E-state index contributed by atoms with van der Waals surface area (Å²) in [6.45, 7) is 7.33. The number of amides is 1. The van der Waals surface area contributed by atoms with Crippen molar-refractivity contribution in [2.75, 3.05) is 11.9 Å². The fraction of sp³-hybridized carbons (Fsp3) is 0.192. The maximum absolute atomic E-state index is 12.8. The highest BCUT2D eigenvalue weighted by molar-refractivity contribution is 6.08. The van der Waals surface area contributed by atoms with Gasteiger partial charge in [0.25, 0.3) is 5.91 Å². The van der Waals surface area contributed by atoms with Crippen LogP contribution in [0.3, 0.4) is 0 Å². The van der Waals surface area contributed by atoms with Crippen molar-refractivity contribution in [2.24, 2.45) is 0 Å². The number of aryl methyl sites for hydroxylation is 2. The van der Waals surface area contributed by atoms with Crippen molar-refractivity contribution >= 4 is 23.3 Å². The van der Waals surface area contributed by atoms with Gasteiger partial charge in [-0.15, -0.1) is 0 Å². The molecule has 0 aliphatic carbocycles. The lowest BCUT2D eigenvalue weighted by molar-refractivity contribution is 0.0475. The van der Waals surface area contributed by atoms with Crippen molar-refractivity contribution in [3.05, 3.63) is 99.6 Å². The minimum Gasteiger partial charge on any atom is -0.454 e. The fourth-order valence-electron chi connectivity index (χ4n) is 3.47. The second-order valence-corrected chi connectivity index (χ2v) is 7.50. The van der Waals surface area contributed by atoms with E-state index in [1.165, 1.54) is 0 Å². The number of nitrogens with one attached hydrogen (secondary N) is 1. The number of rotatable bonds is 6. The summed E-state index contributed by atoms with van der Waals surface area (Å²) in [5.74, 6) is -1.25. The summed E-state index contributed by atoms with van der Waals surface area (Å²) in [6, 6.07) is 17.3. The average Bonchev–Trinajstić information content (AvgIpc) is 2.77. The van der Waals surface area contributed by atoms with Crippen LogP contribution in [0.4, 0.5) is 5.69 Å². The van der Waals surface area contributed by atoms with Crippen molar-refractivity contribution in [1.29, 1.82) is 0 Å². The molecule has 0 aliphatic heterocycles. The topological polar surface area (TPSA) is 72.5 Å². The summed E-state index contributed by atoms with van der Waals surface area (Å²) in [7, 11) is 0. The average molecular weight is 415 g/mol. The second kappa shape index (κ2) is 9.39. The molecule has 158 valence electrons. The van der Waals surface area contributed by atoms with Gasteiger partial charge >= 0.3 is 5.97 Å². The van der Waals surface area contributed by atoms with Crippen molar-refractivity contribution in [1.82, 2.24) is 0 Å². The molecule has 0 fully saturated rings. The minimum absolute atomic E-state index is 0.188. The highest BCUT2D eigenvalue weighted by atomic mass is 16.5. The van der Waals surface area contributed by atoms with E-state index in [1.807, 2.05) is 39.8 Å². The molecule has 5 nitrogen and oxygen atoms in total. The Labute approximate surface area is 182 Å². The Bertz CT molecular complexity index is 1120. The van der Waals surface area contributed by atoms with Crippen LogP contribution in [0.5, 0.6) is 0 Å². The lowest BCUT2D eigenvalue weighted by Crippen LogP contribution is -2.19. The van der Waals surface area contributed by atoms with E-state index in [-0.39, 0.29) is 23.9 Å². The number of para-hydroxylation sites is 1. The molecule has 0 aromatic heterocycles. The Hall–Kier alpha value is -3.73. The molecule has 3 rings (SSSR count). The predicted octanol–water partition coefficient (Wildman–Crippen LogP) is 5.21. The maximum atomic E-state index is 12.8. The molecule has 0 atom stereocenters. The summed E-state index contributed by atoms with van der Waals surface area (Å²) in [5, 5.41) is 2.74. The zero-order valence-electron chi connectivity index (χ0n) is 18.1. The molecule has 0 saturated carbocycles. The number of esters is 1. The Morgan fingerprint density at radius 2 is 1.39 bits per heavy atom. The molecule has 1 amide bonds. The molecule has 0 unspecified atom stereocenters. The van der Waals surface area contributed by atoms with E-state index >= 15 is 0 Å². The van der Waals surface area contributed by atoms with Gasteiger partial charge < -0.3 is 10.1 Å². The second-order valence-electron chi connectivity index (χ2n) is 7.50. The molecule has 5 heteroatoms. The minimum atomic E-state index is -0.669. The van der Waals surface area contributed by atoms with Gasteiger partial charge in [-0.25, -0.2) is 4.79 Å². The summed E-state index contributed by atoms with van der Waals surface area (Å²) in [4.78, 5) is 38.0. The van der Waals surface area contributed by atoms with Gasteiger partial charge in [0.1, 0.15) is 0 Å². The number of benzene rings is 3. The zero-order chi connectivity index (χ0) is 22.5. The van der Waals surface area contributed by atoms with Gasteiger partial charge in [0, 0.05) is 11.1 Å². The van der Waals surface area contributed by atoms with Crippen LogP contribution in [0.25, 0.3) is 0 Å². The third-order valence-corrected chi connectivity index (χ3v) is 5.41. The van der Waals surface area contributed by atoms with Gasteiger partial charge in [-0.05, 0) is 74.2 Å². The zero-order valence-corrected chi connectivity index (χ0v) is 18.1. The number of hydrogen-bond donors (Lipinski definition) is 1. The molecule has 0 aliphatic rings. The lowest BCUT2D eigenvalue weighted by atomic mass is 9.92. The number of Topliss-reactive ketones (excluding diaryl/α,β-unsaturated/α-hetero) is 1. The molecule has 0 heterocycles. The lowest BCUT2D eigenvalue weighted by Gasteiger charge is -2.15. The molecule has 0 bridgehead atoms. The van der Waals surface area contributed by atoms with Gasteiger partial charge in [0.05, 0.1) is 11.3 Å². The number of carbonyl (C=O) groups is 3. The van der Waals surface area contributed by atoms with E-state index in [9.17, 15) is 14.4 Å². The number of ether oxygens (including phenoxy) is 1. The normalized spacial score (nSPS) is 10.5. The predicted molar refractivity (Wildman–Crippen MR) is 121 cm³/mol. The molecular formula is C26H25NO4. The molecule has 3 aromatic rings. The first kappa shape index (κ1) is 22.0. The van der Waals surface area contributed by atoms with Crippen LogP contribution >= 0.6 is 0 Å². The van der Waals surface area contributed by atoms with Crippen LogP contribution in [0.2, 0.25) is 0 Å². The number of ketones is 1. The van der Waals surface area contributed by atoms with E-state index in [2.05, 4.69) is 5.32 Å². The van der Waals surface area contributed by atoms with Gasteiger partial charge in [0.2, 0.25) is 5.78 Å². The molecule has 0 saturated heterocycles. The van der Waals surface area contributed by atoms with Crippen LogP contribution in [-0.4, -0.2) is 24.3 Å². The van der Waals surface area contributed by atoms with E-state index in [0.29, 0.717) is 16.8 Å². The molecule has 31 heavy (non-hydrogen) atoms. The quantitative estimate of drug-likeness (QED) is 0.443. The van der Waals surface area contributed by atoms with Gasteiger partial charge in [-0.2, -0.15) is 0 Å². The van der Waals surface area contributed by atoms with Gasteiger partial charge in [0.15, 0.2) is 6.61 Å². The Morgan fingerprint density at radius 1 is 0.806 bits per heavy atom. The Balaban J connectivity index is 1.75. The SMILES string of the molecule is Cc1cc(C)c(C)c(C(=O)COC(=O)c2ccccc2NC(=O)c2ccccc2)c1C. The highest BCUT2D eigenvalue weighted by Crippen LogP contribution is 2.23. The summed E-state index contributed by atoms with van der Waals surface area (Å²) in [5.41, 5.74) is 5.40. The smallest absolute Gasteiger partial charge is 0.340 e.